The highest BCUT2D eigenvalue weighted by atomic mass is 16.5. The van der Waals surface area contributed by atoms with E-state index in [0.717, 1.165) is 50.6 Å². The van der Waals surface area contributed by atoms with Crippen LogP contribution < -0.4 is 20.7 Å². The topological polar surface area (TPSA) is 50.5 Å². The van der Waals surface area contributed by atoms with E-state index in [1.54, 1.807) is 0 Å². The Morgan fingerprint density at radius 3 is 2.83 bits per heavy atom. The Balaban J connectivity index is 1.31. The molecule has 2 aliphatic heterocycles. The molecule has 2 heterocycles. The van der Waals surface area contributed by atoms with E-state index in [2.05, 4.69) is 23.3 Å². The first-order valence-electron chi connectivity index (χ1n) is 9.48. The standard InChI is InChI=1S/C19H33N4O/c1-23(12-2-3-13-23)14-5-9-21-8-4-10-22-11-15-24-19-16-17(20)6-7-18(19)22/h6-7,16,21H,2-5,8-15,20H2,1H3/q+1. The molecule has 24 heavy (non-hydrogen) atoms. The lowest BCUT2D eigenvalue weighted by Crippen LogP contribution is -2.42. The van der Waals surface area contributed by atoms with Gasteiger partial charge in [0.1, 0.15) is 12.4 Å². The number of nitrogens with zero attached hydrogens (tertiary/aromatic N) is 2. The van der Waals surface area contributed by atoms with Gasteiger partial charge in [0.15, 0.2) is 0 Å². The molecule has 1 aromatic rings. The van der Waals surface area contributed by atoms with Crippen molar-refractivity contribution in [3.8, 4) is 5.75 Å². The molecule has 0 aromatic heterocycles. The van der Waals surface area contributed by atoms with Crippen molar-refractivity contribution in [3.63, 3.8) is 0 Å². The minimum absolute atomic E-state index is 0.750. The number of likely N-dealkylation sites (tertiary alicyclic amines) is 1. The van der Waals surface area contributed by atoms with Gasteiger partial charge in [-0.05, 0) is 25.1 Å². The fourth-order valence-corrected chi connectivity index (χ4v) is 3.95. The van der Waals surface area contributed by atoms with E-state index in [9.17, 15) is 0 Å². The van der Waals surface area contributed by atoms with Crippen LogP contribution in [-0.2, 0) is 0 Å². The van der Waals surface area contributed by atoms with E-state index in [-0.39, 0.29) is 0 Å². The van der Waals surface area contributed by atoms with Gasteiger partial charge in [-0.1, -0.05) is 0 Å². The highest BCUT2D eigenvalue weighted by molar-refractivity contribution is 5.65. The van der Waals surface area contributed by atoms with Crippen LogP contribution in [0.15, 0.2) is 18.2 Å². The van der Waals surface area contributed by atoms with Gasteiger partial charge in [-0.15, -0.1) is 0 Å². The van der Waals surface area contributed by atoms with E-state index in [1.807, 2.05) is 12.1 Å². The SMILES string of the molecule is C[N+]1(CCCNCCCN2CCOc3cc(N)ccc32)CCCC1. The summed E-state index contributed by atoms with van der Waals surface area (Å²) in [6.45, 7) is 9.09. The third-order valence-electron chi connectivity index (χ3n) is 5.42. The van der Waals surface area contributed by atoms with Gasteiger partial charge in [-0.25, -0.2) is 0 Å². The lowest BCUT2D eigenvalue weighted by molar-refractivity contribution is -0.897. The molecule has 5 nitrogen and oxygen atoms in total. The molecule has 3 N–H and O–H groups in total. The normalized spacial score (nSPS) is 19.1. The molecule has 3 rings (SSSR count). The lowest BCUT2D eigenvalue weighted by atomic mass is 10.2. The predicted octanol–water partition coefficient (Wildman–Crippen LogP) is 2.08. The summed E-state index contributed by atoms with van der Waals surface area (Å²) in [4.78, 5) is 2.41. The van der Waals surface area contributed by atoms with Gasteiger partial charge in [0.2, 0.25) is 0 Å². The van der Waals surface area contributed by atoms with Crippen LogP contribution in [0.25, 0.3) is 0 Å². The fraction of sp³-hybridized carbons (Fsp3) is 0.684. The molecule has 0 spiro atoms. The average Bonchev–Trinajstić information content (AvgIpc) is 3.00. The summed E-state index contributed by atoms with van der Waals surface area (Å²) in [5.41, 5.74) is 7.79. The molecular weight excluding hydrogens is 300 g/mol. The molecule has 0 unspecified atom stereocenters. The van der Waals surface area contributed by atoms with Crippen molar-refractivity contribution in [3.05, 3.63) is 18.2 Å². The van der Waals surface area contributed by atoms with Crippen LogP contribution >= 0.6 is 0 Å². The molecule has 1 fully saturated rings. The van der Waals surface area contributed by atoms with E-state index in [0.29, 0.717) is 0 Å². The summed E-state index contributed by atoms with van der Waals surface area (Å²) in [5.74, 6) is 0.928. The fourth-order valence-electron chi connectivity index (χ4n) is 3.95. The summed E-state index contributed by atoms with van der Waals surface area (Å²) in [6.07, 6.45) is 5.28. The molecule has 0 atom stereocenters. The van der Waals surface area contributed by atoms with E-state index in [4.69, 9.17) is 10.5 Å². The Bertz CT molecular complexity index is 528. The summed E-state index contributed by atoms with van der Waals surface area (Å²) in [5, 5.41) is 3.61. The van der Waals surface area contributed by atoms with Crippen molar-refractivity contribution in [2.45, 2.75) is 25.7 Å². The quantitative estimate of drug-likeness (QED) is 0.434. The number of hydrogen-bond acceptors (Lipinski definition) is 4. The minimum Gasteiger partial charge on any atom is -0.489 e. The largest absolute Gasteiger partial charge is 0.489 e. The zero-order chi connectivity index (χ0) is 16.8. The first-order valence-corrected chi connectivity index (χ1v) is 9.48. The van der Waals surface area contributed by atoms with Gasteiger partial charge in [0.05, 0.1) is 38.9 Å². The number of nitrogens with one attached hydrogen (secondary N) is 1. The Labute approximate surface area is 146 Å². The van der Waals surface area contributed by atoms with Gasteiger partial charge in [0.25, 0.3) is 0 Å². The monoisotopic (exact) mass is 333 g/mol. The molecule has 0 aliphatic carbocycles. The first kappa shape index (κ1) is 17.4. The molecule has 0 radical (unpaired) electrons. The summed E-state index contributed by atoms with van der Waals surface area (Å²) in [7, 11) is 2.41. The second-order valence-electron chi connectivity index (χ2n) is 7.52. The third kappa shape index (κ3) is 4.54. The molecular formula is C19H33N4O+. The van der Waals surface area contributed by atoms with Crippen LogP contribution in [0.4, 0.5) is 11.4 Å². The minimum atomic E-state index is 0.750. The average molecular weight is 334 g/mol. The van der Waals surface area contributed by atoms with Gasteiger partial charge in [0, 0.05) is 44.1 Å². The summed E-state index contributed by atoms with van der Waals surface area (Å²) >= 11 is 0. The number of benzene rings is 1. The third-order valence-corrected chi connectivity index (χ3v) is 5.42. The maximum atomic E-state index is 5.84. The van der Waals surface area contributed by atoms with Gasteiger partial charge >= 0.3 is 0 Å². The molecule has 134 valence electrons. The zero-order valence-electron chi connectivity index (χ0n) is 15.1. The zero-order valence-corrected chi connectivity index (χ0v) is 15.1. The van der Waals surface area contributed by atoms with E-state index in [1.165, 1.54) is 49.1 Å². The van der Waals surface area contributed by atoms with Crippen LogP contribution in [-0.4, -0.2) is 64.0 Å². The first-order chi connectivity index (χ1) is 11.7. The van der Waals surface area contributed by atoms with Crippen LogP contribution in [0, 0.1) is 0 Å². The summed E-state index contributed by atoms with van der Waals surface area (Å²) in [6, 6.07) is 5.97. The second kappa shape index (κ2) is 8.08. The molecule has 0 amide bonds. The predicted molar refractivity (Wildman–Crippen MR) is 101 cm³/mol. The number of fused-ring (bicyclic) bond motifs is 1. The Kier molecular flexibility index (Phi) is 5.85. The van der Waals surface area contributed by atoms with E-state index >= 15 is 0 Å². The lowest BCUT2D eigenvalue weighted by Gasteiger charge is -2.31. The van der Waals surface area contributed by atoms with Gasteiger partial charge < -0.3 is 25.2 Å². The number of nitrogen functional groups attached to an aromatic ring is 1. The molecule has 0 bridgehead atoms. The molecule has 0 saturated carbocycles. The molecule has 5 heteroatoms. The highest BCUT2D eigenvalue weighted by Gasteiger charge is 2.25. The Morgan fingerprint density at radius 2 is 2.00 bits per heavy atom. The van der Waals surface area contributed by atoms with Crippen molar-refractivity contribution >= 4 is 11.4 Å². The highest BCUT2D eigenvalue weighted by Crippen LogP contribution is 2.33. The second-order valence-corrected chi connectivity index (χ2v) is 7.52. The van der Waals surface area contributed by atoms with Crippen molar-refractivity contribution in [1.29, 1.82) is 0 Å². The molecule has 2 aliphatic rings. The van der Waals surface area contributed by atoms with Crippen LogP contribution in [0.5, 0.6) is 5.75 Å². The number of anilines is 2. The van der Waals surface area contributed by atoms with Crippen LogP contribution in [0.2, 0.25) is 0 Å². The van der Waals surface area contributed by atoms with Crippen LogP contribution in [0.1, 0.15) is 25.7 Å². The molecule has 1 aromatic carbocycles. The maximum absolute atomic E-state index is 5.84. The smallest absolute Gasteiger partial charge is 0.144 e. The summed E-state index contributed by atoms with van der Waals surface area (Å²) < 4.78 is 7.00. The maximum Gasteiger partial charge on any atom is 0.144 e. The van der Waals surface area contributed by atoms with Crippen molar-refractivity contribution in [1.82, 2.24) is 5.32 Å². The number of rotatable bonds is 8. The Hall–Kier alpha value is -1.46. The van der Waals surface area contributed by atoms with E-state index < -0.39 is 0 Å². The van der Waals surface area contributed by atoms with Gasteiger partial charge in [-0.3, -0.25) is 0 Å². The van der Waals surface area contributed by atoms with Crippen molar-refractivity contribution < 1.29 is 9.22 Å². The van der Waals surface area contributed by atoms with Crippen molar-refractivity contribution in [2.24, 2.45) is 0 Å². The number of quaternary nitrogens is 1. The van der Waals surface area contributed by atoms with Crippen molar-refractivity contribution in [2.75, 3.05) is 70.1 Å². The Morgan fingerprint density at radius 1 is 1.21 bits per heavy atom. The van der Waals surface area contributed by atoms with Crippen LogP contribution in [0.3, 0.4) is 0 Å². The molecule has 1 saturated heterocycles. The van der Waals surface area contributed by atoms with Gasteiger partial charge in [-0.2, -0.15) is 0 Å². The number of ether oxygens (including phenoxy) is 1. The number of nitrogens with two attached hydrogens (primary N) is 1. The number of hydrogen-bond donors (Lipinski definition) is 2.